The first-order valence-corrected chi connectivity index (χ1v) is 4.96. The first kappa shape index (κ1) is 10.5. The fourth-order valence-electron chi connectivity index (χ4n) is 2.39. The summed E-state index contributed by atoms with van der Waals surface area (Å²) in [6.45, 7) is 2.03. The van der Waals surface area contributed by atoms with Gasteiger partial charge in [0.2, 0.25) is 0 Å². The first-order chi connectivity index (χ1) is 6.17. The summed E-state index contributed by atoms with van der Waals surface area (Å²) in [6.07, 6.45) is 4.64. The van der Waals surface area contributed by atoms with Crippen LogP contribution >= 0.6 is 0 Å². The number of hydrogen-bond donors (Lipinski definition) is 1. The standard InChI is InChI=1S/C10H18O3/c1-3-8-6-4-5-7-10(8,13-2)9(11)12/h8H,3-7H2,1-2H3,(H,11,12). The molecule has 13 heavy (non-hydrogen) atoms. The molecular formula is C10H18O3. The van der Waals surface area contributed by atoms with Crippen molar-refractivity contribution in [1.29, 1.82) is 0 Å². The summed E-state index contributed by atoms with van der Waals surface area (Å²) in [4.78, 5) is 11.2. The van der Waals surface area contributed by atoms with E-state index in [0.717, 1.165) is 25.7 Å². The molecule has 0 radical (unpaired) electrons. The second-order valence-corrected chi connectivity index (χ2v) is 3.75. The SMILES string of the molecule is CCC1CCCCC1(OC)C(=O)O. The molecule has 1 rings (SSSR count). The highest BCUT2D eigenvalue weighted by molar-refractivity contribution is 5.78. The van der Waals surface area contributed by atoms with Crippen LogP contribution in [0, 0.1) is 5.92 Å². The van der Waals surface area contributed by atoms with E-state index in [-0.39, 0.29) is 5.92 Å². The van der Waals surface area contributed by atoms with E-state index in [1.165, 1.54) is 7.11 Å². The Labute approximate surface area is 79.1 Å². The van der Waals surface area contributed by atoms with Crippen molar-refractivity contribution in [3.63, 3.8) is 0 Å². The van der Waals surface area contributed by atoms with E-state index in [9.17, 15) is 4.79 Å². The molecule has 2 unspecified atom stereocenters. The van der Waals surface area contributed by atoms with Crippen LogP contribution in [-0.2, 0) is 9.53 Å². The van der Waals surface area contributed by atoms with Gasteiger partial charge in [-0.2, -0.15) is 0 Å². The molecule has 3 heteroatoms. The summed E-state index contributed by atoms with van der Waals surface area (Å²) in [7, 11) is 1.52. The van der Waals surface area contributed by atoms with Crippen LogP contribution in [0.4, 0.5) is 0 Å². The number of ether oxygens (including phenoxy) is 1. The van der Waals surface area contributed by atoms with Crippen LogP contribution in [0.1, 0.15) is 39.0 Å². The molecule has 0 bridgehead atoms. The van der Waals surface area contributed by atoms with E-state index in [4.69, 9.17) is 9.84 Å². The van der Waals surface area contributed by atoms with Gasteiger partial charge in [-0.1, -0.05) is 13.3 Å². The Hall–Kier alpha value is -0.570. The van der Waals surface area contributed by atoms with Gasteiger partial charge in [0, 0.05) is 7.11 Å². The van der Waals surface area contributed by atoms with E-state index in [1.807, 2.05) is 6.92 Å². The Morgan fingerprint density at radius 2 is 2.31 bits per heavy atom. The average Bonchev–Trinajstić information content (AvgIpc) is 2.17. The molecule has 1 aliphatic carbocycles. The minimum absolute atomic E-state index is 0.184. The number of methoxy groups -OCH3 is 1. The van der Waals surface area contributed by atoms with Crippen molar-refractivity contribution in [2.45, 2.75) is 44.6 Å². The molecule has 76 valence electrons. The summed E-state index contributed by atoms with van der Waals surface area (Å²) in [5.74, 6) is -0.606. The van der Waals surface area contributed by atoms with Gasteiger partial charge in [-0.15, -0.1) is 0 Å². The zero-order valence-electron chi connectivity index (χ0n) is 8.38. The van der Waals surface area contributed by atoms with Crippen LogP contribution in [0.5, 0.6) is 0 Å². The summed E-state index contributed by atoms with van der Waals surface area (Å²) in [5, 5.41) is 9.17. The lowest BCUT2D eigenvalue weighted by Gasteiger charge is -2.39. The van der Waals surface area contributed by atoms with Crippen molar-refractivity contribution in [3.05, 3.63) is 0 Å². The Kier molecular flexibility index (Phi) is 3.31. The van der Waals surface area contributed by atoms with Gasteiger partial charge in [0.25, 0.3) is 0 Å². The first-order valence-electron chi connectivity index (χ1n) is 4.96. The molecule has 0 heterocycles. The number of carboxylic acids is 1. The van der Waals surface area contributed by atoms with Crippen LogP contribution < -0.4 is 0 Å². The summed E-state index contributed by atoms with van der Waals surface area (Å²) < 4.78 is 5.24. The highest BCUT2D eigenvalue weighted by Gasteiger charge is 2.46. The molecular weight excluding hydrogens is 168 g/mol. The molecule has 0 aromatic carbocycles. The fourth-order valence-corrected chi connectivity index (χ4v) is 2.39. The van der Waals surface area contributed by atoms with E-state index in [1.54, 1.807) is 0 Å². The second-order valence-electron chi connectivity index (χ2n) is 3.75. The maximum absolute atomic E-state index is 11.2. The molecule has 0 saturated heterocycles. The Bertz CT molecular complexity index is 191. The molecule has 0 aromatic heterocycles. The number of rotatable bonds is 3. The average molecular weight is 186 g/mol. The van der Waals surface area contributed by atoms with Gasteiger partial charge < -0.3 is 9.84 Å². The Morgan fingerprint density at radius 3 is 2.69 bits per heavy atom. The zero-order chi connectivity index (χ0) is 9.90. The zero-order valence-corrected chi connectivity index (χ0v) is 8.38. The van der Waals surface area contributed by atoms with Crippen LogP contribution in [-0.4, -0.2) is 23.8 Å². The molecule has 0 aromatic rings. The topological polar surface area (TPSA) is 46.5 Å². The van der Waals surface area contributed by atoms with E-state index in [0.29, 0.717) is 6.42 Å². The van der Waals surface area contributed by atoms with Crippen LogP contribution in [0.15, 0.2) is 0 Å². The second kappa shape index (κ2) is 4.09. The maximum Gasteiger partial charge on any atom is 0.336 e. The van der Waals surface area contributed by atoms with Gasteiger partial charge in [0.15, 0.2) is 5.60 Å². The van der Waals surface area contributed by atoms with E-state index >= 15 is 0 Å². The molecule has 1 saturated carbocycles. The maximum atomic E-state index is 11.2. The van der Waals surface area contributed by atoms with Crippen LogP contribution in [0.2, 0.25) is 0 Å². The van der Waals surface area contributed by atoms with Gasteiger partial charge in [-0.3, -0.25) is 0 Å². The van der Waals surface area contributed by atoms with Gasteiger partial charge in [-0.05, 0) is 31.6 Å². The smallest absolute Gasteiger partial charge is 0.336 e. The third-order valence-electron chi connectivity index (χ3n) is 3.23. The summed E-state index contributed by atoms with van der Waals surface area (Å²) in [6, 6.07) is 0. The van der Waals surface area contributed by atoms with Crippen molar-refractivity contribution in [3.8, 4) is 0 Å². The lowest BCUT2D eigenvalue weighted by atomic mass is 9.74. The quantitative estimate of drug-likeness (QED) is 0.733. The highest BCUT2D eigenvalue weighted by atomic mass is 16.5. The number of carbonyl (C=O) groups is 1. The van der Waals surface area contributed by atoms with Gasteiger partial charge in [-0.25, -0.2) is 4.79 Å². The summed E-state index contributed by atoms with van der Waals surface area (Å²) in [5.41, 5.74) is -0.896. The fraction of sp³-hybridized carbons (Fsp3) is 0.900. The molecule has 3 nitrogen and oxygen atoms in total. The van der Waals surface area contributed by atoms with Crippen molar-refractivity contribution >= 4 is 5.97 Å². The molecule has 0 amide bonds. The normalized spacial score (nSPS) is 34.5. The van der Waals surface area contributed by atoms with E-state index < -0.39 is 11.6 Å². The minimum atomic E-state index is -0.896. The molecule has 0 spiro atoms. The predicted octanol–water partition coefficient (Wildman–Crippen LogP) is 2.06. The van der Waals surface area contributed by atoms with Gasteiger partial charge in [0.1, 0.15) is 0 Å². The largest absolute Gasteiger partial charge is 0.479 e. The van der Waals surface area contributed by atoms with Crippen molar-refractivity contribution < 1.29 is 14.6 Å². The monoisotopic (exact) mass is 186 g/mol. The van der Waals surface area contributed by atoms with Crippen LogP contribution in [0.25, 0.3) is 0 Å². The number of hydrogen-bond acceptors (Lipinski definition) is 2. The molecule has 1 aliphatic rings. The Morgan fingerprint density at radius 1 is 1.62 bits per heavy atom. The predicted molar refractivity (Wildman–Crippen MR) is 49.6 cm³/mol. The van der Waals surface area contributed by atoms with Gasteiger partial charge in [0.05, 0.1) is 0 Å². The molecule has 1 N–H and O–H groups in total. The van der Waals surface area contributed by atoms with Crippen LogP contribution in [0.3, 0.4) is 0 Å². The molecule has 0 aliphatic heterocycles. The molecule has 2 atom stereocenters. The third kappa shape index (κ3) is 1.70. The third-order valence-corrected chi connectivity index (χ3v) is 3.23. The van der Waals surface area contributed by atoms with Crippen molar-refractivity contribution in [2.75, 3.05) is 7.11 Å². The minimum Gasteiger partial charge on any atom is -0.479 e. The molecule has 1 fully saturated rings. The van der Waals surface area contributed by atoms with Gasteiger partial charge >= 0.3 is 5.97 Å². The summed E-state index contributed by atoms with van der Waals surface area (Å²) >= 11 is 0. The van der Waals surface area contributed by atoms with E-state index in [2.05, 4.69) is 0 Å². The lowest BCUT2D eigenvalue weighted by Crippen LogP contribution is -2.49. The van der Waals surface area contributed by atoms with Crippen molar-refractivity contribution in [1.82, 2.24) is 0 Å². The number of aliphatic carboxylic acids is 1. The Balaban J connectivity index is 2.84. The van der Waals surface area contributed by atoms with Crippen molar-refractivity contribution in [2.24, 2.45) is 5.92 Å². The number of carboxylic acid groups (broad SMARTS) is 1. The lowest BCUT2D eigenvalue weighted by molar-refractivity contribution is -0.175. The highest BCUT2D eigenvalue weighted by Crippen LogP contribution is 2.38.